The van der Waals surface area contributed by atoms with Crippen LogP contribution in [0.3, 0.4) is 0 Å². The fraction of sp³-hybridized carbons (Fsp3) is 1.00. The maximum atomic E-state index is 5.23. The van der Waals surface area contributed by atoms with Crippen LogP contribution in [-0.4, -0.2) is 61.3 Å². The Hall–Kier alpha value is -0.120. The van der Waals surface area contributed by atoms with Crippen molar-refractivity contribution in [3.8, 4) is 0 Å². The summed E-state index contributed by atoms with van der Waals surface area (Å²) in [5, 5.41) is 0. The van der Waals surface area contributed by atoms with Gasteiger partial charge in [-0.1, -0.05) is 20.8 Å². The van der Waals surface area contributed by atoms with Crippen LogP contribution >= 0.6 is 0 Å². The zero-order valence-electron chi connectivity index (χ0n) is 10.7. The zero-order chi connectivity index (χ0) is 11.3. The van der Waals surface area contributed by atoms with Crippen molar-refractivity contribution >= 4 is 0 Å². The van der Waals surface area contributed by atoms with E-state index in [1.165, 1.54) is 26.2 Å². The molecule has 1 atom stereocenters. The Labute approximate surface area is 94.4 Å². The second-order valence-corrected chi connectivity index (χ2v) is 4.17. The number of rotatable bonds is 2. The molecule has 1 unspecified atom stereocenters. The van der Waals surface area contributed by atoms with Crippen LogP contribution in [0.2, 0.25) is 0 Å². The first-order valence-corrected chi connectivity index (χ1v) is 6.37. The Morgan fingerprint density at radius 2 is 1.87 bits per heavy atom. The van der Waals surface area contributed by atoms with Crippen molar-refractivity contribution < 1.29 is 4.74 Å². The van der Waals surface area contributed by atoms with Gasteiger partial charge in [-0.2, -0.15) is 0 Å². The molecule has 0 saturated carbocycles. The van der Waals surface area contributed by atoms with Gasteiger partial charge < -0.3 is 9.64 Å². The van der Waals surface area contributed by atoms with Crippen molar-refractivity contribution in [1.29, 1.82) is 0 Å². The second-order valence-electron chi connectivity index (χ2n) is 4.17. The van der Waals surface area contributed by atoms with E-state index >= 15 is 0 Å². The van der Waals surface area contributed by atoms with Crippen molar-refractivity contribution in [2.45, 2.75) is 39.8 Å². The molecule has 3 heteroatoms. The van der Waals surface area contributed by atoms with Gasteiger partial charge in [-0.05, 0) is 13.5 Å². The van der Waals surface area contributed by atoms with E-state index in [2.05, 4.69) is 23.6 Å². The maximum Gasteiger partial charge on any atom is 0.0645 e. The first-order valence-electron chi connectivity index (χ1n) is 6.37. The normalized spacial score (nSPS) is 29.2. The van der Waals surface area contributed by atoms with Gasteiger partial charge in [0.15, 0.2) is 0 Å². The van der Waals surface area contributed by atoms with E-state index in [1.54, 1.807) is 0 Å². The van der Waals surface area contributed by atoms with Crippen molar-refractivity contribution in [3.05, 3.63) is 0 Å². The van der Waals surface area contributed by atoms with E-state index in [4.69, 9.17) is 4.74 Å². The molecule has 0 spiro atoms. The Bertz CT molecular complexity index is 171. The summed E-state index contributed by atoms with van der Waals surface area (Å²) in [6.07, 6.45) is 0. The molecule has 3 nitrogen and oxygen atoms in total. The Morgan fingerprint density at radius 3 is 2.27 bits per heavy atom. The number of hydrogen-bond donors (Lipinski definition) is 0. The SMILES string of the molecule is CC.CCN1CCN(C2COC2)C(C)C1. The highest BCUT2D eigenvalue weighted by molar-refractivity contribution is 4.86. The molecule has 0 radical (unpaired) electrons. The van der Waals surface area contributed by atoms with Gasteiger partial charge in [0.05, 0.1) is 19.3 Å². The summed E-state index contributed by atoms with van der Waals surface area (Å²) in [5.41, 5.74) is 0. The van der Waals surface area contributed by atoms with Gasteiger partial charge in [-0.25, -0.2) is 0 Å². The molecule has 2 saturated heterocycles. The van der Waals surface area contributed by atoms with Crippen LogP contribution in [0.15, 0.2) is 0 Å². The van der Waals surface area contributed by atoms with Crippen LogP contribution in [0, 0.1) is 0 Å². The third-order valence-corrected chi connectivity index (χ3v) is 3.30. The molecule has 0 amide bonds. The van der Waals surface area contributed by atoms with Crippen LogP contribution in [0.1, 0.15) is 27.7 Å². The predicted molar refractivity (Wildman–Crippen MR) is 64.2 cm³/mol. The highest BCUT2D eigenvalue weighted by Gasteiger charge is 2.32. The topological polar surface area (TPSA) is 15.7 Å². The van der Waals surface area contributed by atoms with Crippen LogP contribution in [0.5, 0.6) is 0 Å². The van der Waals surface area contributed by atoms with Crippen molar-refractivity contribution in [2.75, 3.05) is 39.4 Å². The molecule has 0 aromatic rings. The number of likely N-dealkylation sites (N-methyl/N-ethyl adjacent to an activating group) is 1. The highest BCUT2D eigenvalue weighted by Crippen LogP contribution is 2.17. The number of hydrogen-bond acceptors (Lipinski definition) is 3. The van der Waals surface area contributed by atoms with E-state index < -0.39 is 0 Å². The maximum absolute atomic E-state index is 5.23. The fourth-order valence-corrected chi connectivity index (χ4v) is 2.29. The van der Waals surface area contributed by atoms with E-state index in [0.29, 0.717) is 12.1 Å². The lowest BCUT2D eigenvalue weighted by molar-refractivity contribution is -0.0928. The standard InChI is InChI=1S/C10H20N2O.C2H6/c1-3-11-4-5-12(9(2)6-11)10-7-13-8-10;1-2/h9-10H,3-8H2,1-2H3;1-2H3. The molecule has 90 valence electrons. The van der Waals surface area contributed by atoms with Gasteiger partial charge in [0.1, 0.15) is 0 Å². The molecule has 2 aliphatic rings. The Morgan fingerprint density at radius 1 is 1.20 bits per heavy atom. The van der Waals surface area contributed by atoms with Crippen LogP contribution in [0.25, 0.3) is 0 Å². The summed E-state index contributed by atoms with van der Waals surface area (Å²) in [6, 6.07) is 1.43. The summed E-state index contributed by atoms with van der Waals surface area (Å²) in [7, 11) is 0. The summed E-state index contributed by atoms with van der Waals surface area (Å²) in [5.74, 6) is 0. The molecule has 0 N–H and O–H groups in total. The summed E-state index contributed by atoms with van der Waals surface area (Å²) >= 11 is 0. The minimum Gasteiger partial charge on any atom is -0.378 e. The zero-order valence-corrected chi connectivity index (χ0v) is 10.7. The monoisotopic (exact) mass is 214 g/mol. The van der Waals surface area contributed by atoms with Crippen molar-refractivity contribution in [1.82, 2.24) is 9.80 Å². The van der Waals surface area contributed by atoms with E-state index in [9.17, 15) is 0 Å². The van der Waals surface area contributed by atoms with E-state index in [1.807, 2.05) is 13.8 Å². The number of piperazine rings is 1. The van der Waals surface area contributed by atoms with E-state index in [0.717, 1.165) is 13.2 Å². The average molecular weight is 214 g/mol. The smallest absolute Gasteiger partial charge is 0.0645 e. The van der Waals surface area contributed by atoms with Crippen LogP contribution < -0.4 is 0 Å². The number of nitrogens with zero attached hydrogens (tertiary/aromatic N) is 2. The summed E-state index contributed by atoms with van der Waals surface area (Å²) in [6.45, 7) is 15.4. The van der Waals surface area contributed by atoms with Gasteiger partial charge in [0.25, 0.3) is 0 Å². The molecule has 15 heavy (non-hydrogen) atoms. The molecule has 2 heterocycles. The lowest BCUT2D eigenvalue weighted by atomic mass is 10.1. The molecule has 0 aromatic carbocycles. The van der Waals surface area contributed by atoms with Gasteiger partial charge in [-0.15, -0.1) is 0 Å². The molecule has 0 aromatic heterocycles. The third kappa shape index (κ3) is 3.16. The molecule has 2 aliphatic heterocycles. The Kier molecular flexibility index (Phi) is 5.58. The first kappa shape index (κ1) is 12.9. The Balaban J connectivity index is 0.000000531. The molecule has 2 rings (SSSR count). The lowest BCUT2D eigenvalue weighted by Gasteiger charge is -2.46. The quantitative estimate of drug-likeness (QED) is 0.692. The van der Waals surface area contributed by atoms with Gasteiger partial charge in [-0.3, -0.25) is 4.90 Å². The molecule has 0 aliphatic carbocycles. The fourth-order valence-electron chi connectivity index (χ4n) is 2.29. The lowest BCUT2D eigenvalue weighted by Crippen LogP contribution is -2.60. The average Bonchev–Trinajstić information content (AvgIpc) is 2.21. The van der Waals surface area contributed by atoms with Gasteiger partial charge >= 0.3 is 0 Å². The molecular formula is C12H26N2O. The highest BCUT2D eigenvalue weighted by atomic mass is 16.5. The minimum absolute atomic E-state index is 0.711. The third-order valence-electron chi connectivity index (χ3n) is 3.30. The number of ether oxygens (including phenoxy) is 1. The first-order chi connectivity index (χ1) is 7.31. The molecular weight excluding hydrogens is 188 g/mol. The van der Waals surface area contributed by atoms with E-state index in [-0.39, 0.29) is 0 Å². The minimum atomic E-state index is 0.711. The summed E-state index contributed by atoms with van der Waals surface area (Å²) in [4.78, 5) is 5.14. The van der Waals surface area contributed by atoms with Crippen molar-refractivity contribution in [3.63, 3.8) is 0 Å². The van der Waals surface area contributed by atoms with Crippen LogP contribution in [-0.2, 0) is 4.74 Å². The second kappa shape index (κ2) is 6.46. The summed E-state index contributed by atoms with van der Waals surface area (Å²) < 4.78 is 5.23. The largest absolute Gasteiger partial charge is 0.378 e. The predicted octanol–water partition coefficient (Wildman–Crippen LogP) is 1.44. The van der Waals surface area contributed by atoms with Crippen LogP contribution in [0.4, 0.5) is 0 Å². The molecule has 0 bridgehead atoms. The van der Waals surface area contributed by atoms with Gasteiger partial charge in [0.2, 0.25) is 0 Å². The molecule has 2 fully saturated rings. The van der Waals surface area contributed by atoms with Gasteiger partial charge in [0, 0.05) is 25.7 Å². The van der Waals surface area contributed by atoms with Crippen molar-refractivity contribution in [2.24, 2.45) is 0 Å².